The Morgan fingerprint density at radius 1 is 1.71 bits per heavy atom. The van der Waals surface area contributed by atoms with E-state index in [1.807, 2.05) is 0 Å². The van der Waals surface area contributed by atoms with Crippen LogP contribution in [-0.2, 0) is 4.79 Å². The minimum absolute atomic E-state index is 0. The van der Waals surface area contributed by atoms with E-state index in [-0.39, 0.29) is 35.5 Å². The van der Waals surface area contributed by atoms with E-state index < -0.39 is 0 Å². The monoisotopic (exact) mass is 126 g/mol. The molecule has 2 nitrogen and oxygen atoms in total. The SMILES string of the molecule is O=C1CCSN1.[Na]. The molecule has 0 bridgehead atoms. The summed E-state index contributed by atoms with van der Waals surface area (Å²) in [5.41, 5.74) is 0. The zero-order chi connectivity index (χ0) is 4.41. The molecule has 4 heteroatoms. The first kappa shape index (κ1) is 7.82. The van der Waals surface area contributed by atoms with Crippen molar-refractivity contribution >= 4 is 47.4 Å². The van der Waals surface area contributed by atoms with Crippen molar-refractivity contribution in [1.29, 1.82) is 0 Å². The van der Waals surface area contributed by atoms with Gasteiger partial charge in [-0.05, 0) is 11.9 Å². The van der Waals surface area contributed by atoms with Crippen molar-refractivity contribution in [2.24, 2.45) is 0 Å². The average molecular weight is 126 g/mol. The number of hydrogen-bond acceptors (Lipinski definition) is 2. The van der Waals surface area contributed by atoms with Crippen molar-refractivity contribution in [2.45, 2.75) is 6.42 Å². The van der Waals surface area contributed by atoms with Gasteiger partial charge in [0, 0.05) is 41.7 Å². The second kappa shape index (κ2) is 3.78. The van der Waals surface area contributed by atoms with Crippen LogP contribution in [0, 0.1) is 0 Å². The van der Waals surface area contributed by atoms with Gasteiger partial charge in [-0.3, -0.25) is 4.79 Å². The molecule has 1 rings (SSSR count). The Kier molecular flexibility index (Phi) is 4.22. The molecule has 1 saturated heterocycles. The number of amides is 1. The molecule has 0 aliphatic carbocycles. The summed E-state index contributed by atoms with van der Waals surface area (Å²) >= 11 is 1.48. The molecule has 0 aromatic carbocycles. The number of rotatable bonds is 0. The van der Waals surface area contributed by atoms with Gasteiger partial charge in [0.05, 0.1) is 0 Å². The van der Waals surface area contributed by atoms with Gasteiger partial charge >= 0.3 is 0 Å². The molecule has 35 valence electrons. The minimum Gasteiger partial charge on any atom is -0.300 e. The van der Waals surface area contributed by atoms with Crippen LogP contribution < -0.4 is 4.72 Å². The smallest absolute Gasteiger partial charge is 0.230 e. The van der Waals surface area contributed by atoms with Crippen molar-refractivity contribution in [1.82, 2.24) is 4.72 Å². The van der Waals surface area contributed by atoms with Gasteiger partial charge in [-0.15, -0.1) is 0 Å². The molecule has 0 aromatic rings. The van der Waals surface area contributed by atoms with E-state index in [0.717, 1.165) is 5.75 Å². The van der Waals surface area contributed by atoms with Crippen molar-refractivity contribution in [3.8, 4) is 0 Å². The van der Waals surface area contributed by atoms with Gasteiger partial charge in [-0.25, -0.2) is 0 Å². The molecule has 1 N–H and O–H groups in total. The van der Waals surface area contributed by atoms with E-state index in [0.29, 0.717) is 6.42 Å². The van der Waals surface area contributed by atoms with Gasteiger partial charge < -0.3 is 4.72 Å². The third kappa shape index (κ3) is 2.59. The van der Waals surface area contributed by atoms with Gasteiger partial charge in [-0.2, -0.15) is 0 Å². The summed E-state index contributed by atoms with van der Waals surface area (Å²) in [6, 6.07) is 0. The first-order valence-corrected chi connectivity index (χ1v) is 2.79. The maximum absolute atomic E-state index is 10.1. The molecule has 1 amide bonds. The van der Waals surface area contributed by atoms with E-state index in [2.05, 4.69) is 4.72 Å². The Bertz CT molecular complexity index is 69.3. The topological polar surface area (TPSA) is 29.1 Å². The Morgan fingerprint density at radius 3 is 2.57 bits per heavy atom. The van der Waals surface area contributed by atoms with Crippen LogP contribution in [0.3, 0.4) is 0 Å². The van der Waals surface area contributed by atoms with E-state index in [1.54, 1.807) is 0 Å². The number of hydrogen-bond donors (Lipinski definition) is 1. The summed E-state index contributed by atoms with van der Waals surface area (Å²) in [6.45, 7) is 0. The summed E-state index contributed by atoms with van der Waals surface area (Å²) in [6.07, 6.45) is 0.699. The normalized spacial score (nSPS) is 18.0. The van der Waals surface area contributed by atoms with E-state index in [9.17, 15) is 4.79 Å². The molecule has 0 atom stereocenters. The molecular weight excluding hydrogens is 121 g/mol. The van der Waals surface area contributed by atoms with Crippen LogP contribution in [0.2, 0.25) is 0 Å². The second-order valence-corrected chi connectivity index (χ2v) is 2.02. The molecular formula is C3H5NNaOS. The molecule has 1 heterocycles. The van der Waals surface area contributed by atoms with Crippen molar-refractivity contribution in [3.05, 3.63) is 0 Å². The third-order valence-corrected chi connectivity index (χ3v) is 1.40. The molecule has 0 saturated carbocycles. The number of carbonyl (C=O) groups is 1. The maximum Gasteiger partial charge on any atom is 0.230 e. The maximum atomic E-state index is 10.1. The largest absolute Gasteiger partial charge is 0.300 e. The molecule has 0 spiro atoms. The predicted octanol–water partition coefficient (Wildman–Crippen LogP) is -0.226. The summed E-state index contributed by atoms with van der Waals surface area (Å²) in [4.78, 5) is 10.1. The van der Waals surface area contributed by atoms with Crippen molar-refractivity contribution in [3.63, 3.8) is 0 Å². The van der Waals surface area contributed by atoms with Crippen LogP contribution in [-0.4, -0.2) is 41.2 Å². The molecule has 1 radical (unpaired) electrons. The van der Waals surface area contributed by atoms with Crippen LogP contribution in [0.25, 0.3) is 0 Å². The van der Waals surface area contributed by atoms with E-state index in [1.165, 1.54) is 11.9 Å². The van der Waals surface area contributed by atoms with Gasteiger partial charge in [0.15, 0.2) is 0 Å². The Hall–Kier alpha value is 0.820. The van der Waals surface area contributed by atoms with Crippen LogP contribution in [0.1, 0.15) is 6.42 Å². The van der Waals surface area contributed by atoms with Crippen molar-refractivity contribution in [2.75, 3.05) is 5.75 Å². The fourth-order valence-electron chi connectivity index (χ4n) is 0.326. The fourth-order valence-corrected chi connectivity index (χ4v) is 0.979. The Balaban J connectivity index is 0.000000360. The molecule has 0 unspecified atom stereocenters. The zero-order valence-corrected chi connectivity index (χ0v) is 7.05. The summed E-state index contributed by atoms with van der Waals surface area (Å²) < 4.78 is 2.60. The number of nitrogens with one attached hydrogen (secondary N) is 1. The first-order chi connectivity index (χ1) is 2.89. The fraction of sp³-hybridized carbons (Fsp3) is 0.667. The Morgan fingerprint density at radius 2 is 2.43 bits per heavy atom. The molecule has 0 aromatic heterocycles. The van der Waals surface area contributed by atoms with Gasteiger partial charge in [-0.1, -0.05) is 0 Å². The zero-order valence-electron chi connectivity index (χ0n) is 4.23. The van der Waals surface area contributed by atoms with Crippen LogP contribution in [0.5, 0.6) is 0 Å². The van der Waals surface area contributed by atoms with Crippen LogP contribution in [0.15, 0.2) is 0 Å². The summed E-state index contributed by atoms with van der Waals surface area (Å²) in [5, 5.41) is 0. The summed E-state index contributed by atoms with van der Waals surface area (Å²) in [7, 11) is 0. The number of carbonyl (C=O) groups excluding carboxylic acids is 1. The van der Waals surface area contributed by atoms with Gasteiger partial charge in [0.25, 0.3) is 0 Å². The Labute approximate surface area is 68.8 Å². The summed E-state index contributed by atoms with van der Waals surface area (Å²) in [5.74, 6) is 1.11. The standard InChI is InChI=1S/C3H5NOS.Na/c5-3-1-2-6-4-3;/h1-2H2,(H,4,5);. The minimum atomic E-state index is 0. The quantitative estimate of drug-likeness (QED) is 0.359. The molecule has 1 aliphatic heterocycles. The average Bonchev–Trinajstić information content (AvgIpc) is 1.86. The van der Waals surface area contributed by atoms with Crippen LogP contribution >= 0.6 is 11.9 Å². The van der Waals surface area contributed by atoms with Gasteiger partial charge in [0.1, 0.15) is 0 Å². The predicted molar refractivity (Wildman–Crippen MR) is 31.0 cm³/mol. The molecule has 1 fully saturated rings. The van der Waals surface area contributed by atoms with Crippen molar-refractivity contribution < 1.29 is 4.79 Å². The van der Waals surface area contributed by atoms with Gasteiger partial charge in [0.2, 0.25) is 5.91 Å². The van der Waals surface area contributed by atoms with Crippen LogP contribution in [0.4, 0.5) is 0 Å². The third-order valence-electron chi connectivity index (χ3n) is 0.617. The second-order valence-electron chi connectivity index (χ2n) is 1.12. The molecule has 7 heavy (non-hydrogen) atoms. The molecule has 1 aliphatic rings. The van der Waals surface area contributed by atoms with E-state index >= 15 is 0 Å². The first-order valence-electron chi connectivity index (χ1n) is 1.80. The van der Waals surface area contributed by atoms with E-state index in [4.69, 9.17) is 0 Å².